The van der Waals surface area contributed by atoms with E-state index in [0.29, 0.717) is 0 Å². The summed E-state index contributed by atoms with van der Waals surface area (Å²) in [4.78, 5) is 0. The van der Waals surface area contributed by atoms with Crippen molar-refractivity contribution in [1.29, 1.82) is 0 Å². The number of hydrogen-bond acceptors (Lipinski definition) is 0. The van der Waals surface area contributed by atoms with E-state index < -0.39 is 0 Å². The Morgan fingerprint density at radius 1 is 0.357 bits per heavy atom. The Labute approximate surface area is 251 Å². The van der Waals surface area contributed by atoms with Gasteiger partial charge in [0.05, 0.1) is 22.1 Å². The zero-order valence-electron chi connectivity index (χ0n) is 22.4. The number of aromatic nitrogens is 2. The fourth-order valence-corrected chi connectivity index (χ4v) is 7.16. The minimum atomic E-state index is 0.742. The largest absolute Gasteiger partial charge is 0.309 e. The van der Waals surface area contributed by atoms with E-state index >= 15 is 0 Å². The first-order chi connectivity index (χ1) is 20.7. The first-order valence-electron chi connectivity index (χ1n) is 14.0. The lowest BCUT2D eigenvalue weighted by Crippen LogP contribution is -1.95. The summed E-state index contributed by atoms with van der Waals surface area (Å²) in [5.74, 6) is 0. The van der Waals surface area contributed by atoms with Crippen LogP contribution in [0.5, 0.6) is 0 Å². The maximum absolute atomic E-state index is 6.43. The van der Waals surface area contributed by atoms with Gasteiger partial charge < -0.3 is 9.13 Å². The molecule has 0 atom stereocenters. The van der Waals surface area contributed by atoms with Gasteiger partial charge in [-0.25, -0.2) is 0 Å². The molecule has 2 heterocycles. The summed E-state index contributed by atoms with van der Waals surface area (Å²) >= 11 is 12.9. The highest BCUT2D eigenvalue weighted by Crippen LogP contribution is 2.43. The summed E-state index contributed by atoms with van der Waals surface area (Å²) in [5, 5.41) is 11.0. The van der Waals surface area contributed by atoms with Crippen molar-refractivity contribution in [3.63, 3.8) is 0 Å². The third kappa shape index (κ3) is 3.34. The molecular formula is C38H22Cl2N2. The maximum Gasteiger partial charge on any atom is 0.0619 e. The number of halogens is 2. The molecule has 2 aromatic heterocycles. The summed E-state index contributed by atoms with van der Waals surface area (Å²) in [6.07, 6.45) is 0. The standard InChI is InChI=1S/C38H22Cl2N2/c39-25-13-17-29-23(19-25)11-15-31-33-22-36-34(21-35(33)41(37(29)31)27-7-3-1-4-8-27)32-16-12-24-20-26(40)14-18-30(24)38(32)42(36)28-9-5-2-6-10-28/h1-22H. The molecule has 7 aromatic carbocycles. The normalized spacial score (nSPS) is 12.0. The number of rotatable bonds is 2. The van der Waals surface area contributed by atoms with Gasteiger partial charge in [0.15, 0.2) is 0 Å². The smallest absolute Gasteiger partial charge is 0.0619 e. The number of fused-ring (bicyclic) bond motifs is 10. The molecule has 0 fully saturated rings. The molecule has 0 aliphatic carbocycles. The number of nitrogens with zero attached hydrogens (tertiary/aromatic N) is 2. The molecule has 0 saturated heterocycles. The molecule has 4 heteroatoms. The second-order valence-electron chi connectivity index (χ2n) is 10.9. The van der Waals surface area contributed by atoms with Crippen LogP contribution in [-0.4, -0.2) is 9.13 Å². The average Bonchev–Trinajstić information content (AvgIpc) is 3.53. The van der Waals surface area contributed by atoms with E-state index in [-0.39, 0.29) is 0 Å². The van der Waals surface area contributed by atoms with E-state index in [1.807, 2.05) is 24.3 Å². The first kappa shape index (κ1) is 23.9. The van der Waals surface area contributed by atoms with Gasteiger partial charge in [0, 0.05) is 53.7 Å². The Balaban J connectivity index is 1.53. The van der Waals surface area contributed by atoms with Crippen LogP contribution >= 0.6 is 23.2 Å². The molecule has 0 amide bonds. The molecule has 0 spiro atoms. The van der Waals surface area contributed by atoms with Crippen molar-refractivity contribution in [2.24, 2.45) is 0 Å². The third-order valence-corrected chi connectivity index (χ3v) is 9.03. The zero-order valence-corrected chi connectivity index (χ0v) is 23.9. The first-order valence-corrected chi connectivity index (χ1v) is 14.7. The summed E-state index contributed by atoms with van der Waals surface area (Å²) < 4.78 is 4.82. The predicted octanol–water partition coefficient (Wildman–Crippen LogP) is 11.5. The van der Waals surface area contributed by atoms with Gasteiger partial charge in [-0.05, 0) is 71.4 Å². The van der Waals surface area contributed by atoms with Crippen LogP contribution in [0.15, 0.2) is 133 Å². The van der Waals surface area contributed by atoms with Gasteiger partial charge in [-0.3, -0.25) is 0 Å². The molecule has 198 valence electrons. The van der Waals surface area contributed by atoms with Gasteiger partial charge in [0.25, 0.3) is 0 Å². The molecule has 0 aliphatic rings. The fraction of sp³-hybridized carbons (Fsp3) is 0. The maximum atomic E-state index is 6.43. The molecule has 42 heavy (non-hydrogen) atoms. The van der Waals surface area contributed by atoms with Crippen molar-refractivity contribution in [2.75, 3.05) is 0 Å². The van der Waals surface area contributed by atoms with Crippen molar-refractivity contribution in [3.05, 3.63) is 144 Å². The van der Waals surface area contributed by atoms with Crippen LogP contribution in [0.2, 0.25) is 10.0 Å². The Hall–Kier alpha value is -4.76. The Bertz CT molecular complexity index is 2340. The summed E-state index contributed by atoms with van der Waals surface area (Å²) in [6, 6.07) is 47.3. The topological polar surface area (TPSA) is 9.86 Å². The van der Waals surface area contributed by atoms with Gasteiger partial charge >= 0.3 is 0 Å². The van der Waals surface area contributed by atoms with Gasteiger partial charge in [0.1, 0.15) is 0 Å². The van der Waals surface area contributed by atoms with Crippen LogP contribution in [-0.2, 0) is 0 Å². The van der Waals surface area contributed by atoms with Crippen LogP contribution in [0.4, 0.5) is 0 Å². The lowest BCUT2D eigenvalue weighted by atomic mass is 10.0. The average molecular weight is 578 g/mol. The third-order valence-electron chi connectivity index (χ3n) is 8.56. The Kier molecular flexibility index (Phi) is 5.05. The van der Waals surface area contributed by atoms with E-state index in [1.165, 1.54) is 54.4 Å². The summed E-state index contributed by atoms with van der Waals surface area (Å²) in [5.41, 5.74) is 6.99. The van der Waals surface area contributed by atoms with Crippen molar-refractivity contribution in [3.8, 4) is 11.4 Å². The van der Waals surface area contributed by atoms with Crippen molar-refractivity contribution in [2.45, 2.75) is 0 Å². The summed E-state index contributed by atoms with van der Waals surface area (Å²) in [7, 11) is 0. The minimum absolute atomic E-state index is 0.742. The molecule has 0 unspecified atom stereocenters. The Morgan fingerprint density at radius 3 is 1.19 bits per heavy atom. The fourth-order valence-electron chi connectivity index (χ4n) is 6.79. The molecule has 9 aromatic rings. The quantitative estimate of drug-likeness (QED) is 0.193. The molecule has 0 bridgehead atoms. The van der Waals surface area contributed by atoms with Crippen LogP contribution < -0.4 is 0 Å². The van der Waals surface area contributed by atoms with Gasteiger partial charge in [-0.2, -0.15) is 0 Å². The van der Waals surface area contributed by atoms with Crippen molar-refractivity contribution < 1.29 is 0 Å². The Morgan fingerprint density at radius 2 is 0.762 bits per heavy atom. The number of benzene rings is 7. The second kappa shape index (κ2) is 8.87. The van der Waals surface area contributed by atoms with Crippen LogP contribution in [0.25, 0.3) is 76.5 Å². The lowest BCUT2D eigenvalue weighted by molar-refractivity contribution is 1.18. The van der Waals surface area contributed by atoms with Crippen LogP contribution in [0, 0.1) is 0 Å². The van der Waals surface area contributed by atoms with Gasteiger partial charge in [-0.15, -0.1) is 0 Å². The molecule has 9 rings (SSSR count). The summed E-state index contributed by atoms with van der Waals surface area (Å²) in [6.45, 7) is 0. The van der Waals surface area contributed by atoms with Crippen molar-refractivity contribution >= 4 is 88.4 Å². The monoisotopic (exact) mass is 576 g/mol. The van der Waals surface area contributed by atoms with E-state index in [2.05, 4.69) is 118 Å². The molecule has 0 aliphatic heterocycles. The number of para-hydroxylation sites is 2. The predicted molar refractivity (Wildman–Crippen MR) is 180 cm³/mol. The van der Waals surface area contributed by atoms with E-state index in [4.69, 9.17) is 23.2 Å². The molecule has 0 radical (unpaired) electrons. The SMILES string of the molecule is Clc1ccc2c(ccc3c4cc5c(cc4n(-c4ccccc4)c23)c2ccc3cc(Cl)ccc3c2n5-c2ccccc2)c1. The second-order valence-corrected chi connectivity index (χ2v) is 11.8. The highest BCUT2D eigenvalue weighted by molar-refractivity contribution is 6.33. The number of hydrogen-bond donors (Lipinski definition) is 0. The van der Waals surface area contributed by atoms with E-state index in [1.54, 1.807) is 0 Å². The van der Waals surface area contributed by atoms with Gasteiger partial charge in [-0.1, -0.05) is 96.0 Å². The van der Waals surface area contributed by atoms with E-state index in [9.17, 15) is 0 Å². The van der Waals surface area contributed by atoms with Crippen molar-refractivity contribution in [1.82, 2.24) is 9.13 Å². The molecule has 2 nitrogen and oxygen atoms in total. The lowest BCUT2D eigenvalue weighted by Gasteiger charge is -2.10. The molecular weight excluding hydrogens is 555 g/mol. The van der Waals surface area contributed by atoms with Crippen LogP contribution in [0.1, 0.15) is 0 Å². The zero-order chi connectivity index (χ0) is 27.9. The highest BCUT2D eigenvalue weighted by atomic mass is 35.5. The van der Waals surface area contributed by atoms with Gasteiger partial charge in [0.2, 0.25) is 0 Å². The molecule has 0 saturated carbocycles. The highest BCUT2D eigenvalue weighted by Gasteiger charge is 2.21. The van der Waals surface area contributed by atoms with E-state index in [0.717, 1.165) is 32.2 Å². The van der Waals surface area contributed by atoms with Crippen LogP contribution in [0.3, 0.4) is 0 Å². The molecule has 0 N–H and O–H groups in total. The minimum Gasteiger partial charge on any atom is -0.309 e.